The number of aliphatic hydroxyl groups is 5. The van der Waals surface area contributed by atoms with E-state index in [4.69, 9.17) is 14.2 Å². The molecule has 0 radical (unpaired) electrons. The SMILES string of the molecule is CCCCCCCCCC/C=C/C(O)C(COC1OC(CO)C(O)C(O)C1O)NC(=O)CCCCCCCCCCCCCCCCCCCCCCCCCCCCCCCCCCCCCCCOC(=O)CCCCCCCCCCCCCCCC. The molecule has 528 valence electrons. The highest BCUT2D eigenvalue weighted by Gasteiger charge is 2.44. The van der Waals surface area contributed by atoms with E-state index >= 15 is 0 Å². The van der Waals surface area contributed by atoms with Gasteiger partial charge < -0.3 is 45.1 Å². The molecule has 0 aliphatic carbocycles. The van der Waals surface area contributed by atoms with Crippen molar-refractivity contribution in [2.75, 3.05) is 19.8 Å². The lowest BCUT2D eigenvalue weighted by Gasteiger charge is -2.40. The van der Waals surface area contributed by atoms with Crippen molar-refractivity contribution >= 4 is 11.9 Å². The molecular weight excluding hydrogens is 1110 g/mol. The largest absolute Gasteiger partial charge is 0.466 e. The summed E-state index contributed by atoms with van der Waals surface area (Å²) in [5.74, 6) is -0.154. The number of amides is 1. The van der Waals surface area contributed by atoms with Gasteiger partial charge in [0.15, 0.2) is 6.29 Å². The summed E-state index contributed by atoms with van der Waals surface area (Å²) >= 11 is 0. The molecule has 89 heavy (non-hydrogen) atoms. The van der Waals surface area contributed by atoms with Crippen LogP contribution < -0.4 is 5.32 Å². The Hall–Kier alpha value is -1.60. The molecule has 1 aliphatic heterocycles. The molecule has 1 rings (SSSR count). The van der Waals surface area contributed by atoms with Gasteiger partial charge >= 0.3 is 5.97 Å². The number of carbonyl (C=O) groups excluding carboxylic acids is 2. The number of hydrogen-bond acceptors (Lipinski definition) is 10. The molecule has 1 saturated heterocycles. The molecule has 0 aromatic heterocycles. The highest BCUT2D eigenvalue weighted by molar-refractivity contribution is 5.76. The van der Waals surface area contributed by atoms with Gasteiger partial charge in [-0.1, -0.05) is 379 Å². The molecule has 7 unspecified atom stereocenters. The third kappa shape index (κ3) is 56.5. The highest BCUT2D eigenvalue weighted by Crippen LogP contribution is 2.24. The number of aliphatic hydroxyl groups excluding tert-OH is 5. The van der Waals surface area contributed by atoms with E-state index in [9.17, 15) is 35.1 Å². The Balaban J connectivity index is 1.85. The monoisotopic (exact) mass is 1260 g/mol. The van der Waals surface area contributed by atoms with Crippen LogP contribution in [0.4, 0.5) is 0 Å². The van der Waals surface area contributed by atoms with Gasteiger partial charge in [-0.25, -0.2) is 0 Å². The van der Waals surface area contributed by atoms with Crippen LogP contribution in [0.2, 0.25) is 0 Å². The van der Waals surface area contributed by atoms with Gasteiger partial charge in [0, 0.05) is 12.8 Å². The number of ether oxygens (including phenoxy) is 3. The van der Waals surface area contributed by atoms with Crippen molar-refractivity contribution in [3.63, 3.8) is 0 Å². The molecule has 6 N–H and O–H groups in total. The van der Waals surface area contributed by atoms with Crippen molar-refractivity contribution in [1.29, 1.82) is 0 Å². The van der Waals surface area contributed by atoms with E-state index in [1.165, 1.54) is 334 Å². The van der Waals surface area contributed by atoms with Crippen molar-refractivity contribution in [1.82, 2.24) is 5.32 Å². The van der Waals surface area contributed by atoms with Crippen molar-refractivity contribution in [3.8, 4) is 0 Å². The number of hydrogen-bond donors (Lipinski definition) is 6. The van der Waals surface area contributed by atoms with Crippen LogP contribution in [0.15, 0.2) is 12.2 Å². The van der Waals surface area contributed by atoms with Gasteiger partial charge in [-0.05, 0) is 32.1 Å². The third-order valence-electron chi connectivity index (χ3n) is 19.2. The first-order valence-electron chi connectivity index (χ1n) is 39.5. The van der Waals surface area contributed by atoms with E-state index in [1.54, 1.807) is 6.08 Å². The standard InChI is InChI=1S/C78H151NO10/c1-3-5-7-9-11-13-15-16-43-46-50-54-58-62-66-74(83)87-67-63-59-55-51-47-44-41-39-37-35-33-31-29-27-25-23-21-19-17-18-20-22-24-26-28-30-32-34-36-38-40-42-45-49-53-57-61-65-73(82)79-70(69-88-78-77(86)76(85)75(84)72(68-80)89-78)71(81)64-60-56-52-48-14-12-10-8-6-4-2/h60,64,70-72,75-78,80-81,84-86H,3-59,61-63,65-69H2,1-2H3,(H,79,82)/b64-60+. The fraction of sp³-hybridized carbons (Fsp3) is 0.949. The lowest BCUT2D eigenvalue weighted by atomic mass is 9.99. The molecule has 1 amide bonds. The van der Waals surface area contributed by atoms with Crippen LogP contribution in [0.3, 0.4) is 0 Å². The molecule has 1 fully saturated rings. The molecule has 1 heterocycles. The maximum Gasteiger partial charge on any atom is 0.305 e. The van der Waals surface area contributed by atoms with Crippen LogP contribution in [0, 0.1) is 0 Å². The Labute approximate surface area is 550 Å². The summed E-state index contributed by atoms with van der Waals surface area (Å²) in [5, 5.41) is 54.4. The first-order chi connectivity index (χ1) is 43.7. The van der Waals surface area contributed by atoms with Crippen molar-refractivity contribution in [2.45, 2.75) is 455 Å². The second kappa shape index (κ2) is 67.8. The van der Waals surface area contributed by atoms with Crippen LogP contribution in [-0.2, 0) is 23.8 Å². The molecule has 0 spiro atoms. The molecule has 0 aromatic carbocycles. The van der Waals surface area contributed by atoms with Gasteiger partial charge in [-0.3, -0.25) is 9.59 Å². The number of nitrogens with one attached hydrogen (secondary N) is 1. The first-order valence-corrected chi connectivity index (χ1v) is 39.5. The van der Waals surface area contributed by atoms with E-state index < -0.39 is 49.5 Å². The van der Waals surface area contributed by atoms with E-state index in [0.717, 1.165) is 51.4 Å². The second-order valence-corrected chi connectivity index (χ2v) is 27.8. The molecule has 7 atom stereocenters. The minimum atomic E-state index is -1.57. The highest BCUT2D eigenvalue weighted by atomic mass is 16.7. The molecule has 1 aliphatic rings. The lowest BCUT2D eigenvalue weighted by Crippen LogP contribution is -2.60. The summed E-state index contributed by atoms with van der Waals surface area (Å²) in [7, 11) is 0. The summed E-state index contributed by atoms with van der Waals surface area (Å²) in [6.07, 6.45) is 75.4. The predicted octanol–water partition coefficient (Wildman–Crippen LogP) is 21.0. The zero-order chi connectivity index (χ0) is 64.4. The van der Waals surface area contributed by atoms with Gasteiger partial charge in [-0.15, -0.1) is 0 Å². The Kier molecular flexibility index (Phi) is 65.1. The van der Waals surface area contributed by atoms with Gasteiger partial charge in [0.2, 0.25) is 5.91 Å². The molecule has 11 heteroatoms. The maximum absolute atomic E-state index is 13.0. The lowest BCUT2D eigenvalue weighted by molar-refractivity contribution is -0.302. The number of esters is 1. The van der Waals surface area contributed by atoms with E-state index in [1.807, 2.05) is 6.08 Å². The van der Waals surface area contributed by atoms with Gasteiger partial charge in [-0.2, -0.15) is 0 Å². The van der Waals surface area contributed by atoms with Gasteiger partial charge in [0.05, 0.1) is 32.0 Å². The van der Waals surface area contributed by atoms with Crippen molar-refractivity contribution in [3.05, 3.63) is 12.2 Å². The predicted molar refractivity (Wildman–Crippen MR) is 375 cm³/mol. The molecule has 0 bridgehead atoms. The smallest absolute Gasteiger partial charge is 0.305 e. The maximum atomic E-state index is 13.0. The zero-order valence-electron chi connectivity index (χ0n) is 58.9. The number of carbonyl (C=O) groups is 2. The Bertz CT molecular complexity index is 1480. The quantitative estimate of drug-likeness (QED) is 0.0195. The van der Waals surface area contributed by atoms with E-state index in [0.29, 0.717) is 19.4 Å². The van der Waals surface area contributed by atoms with Crippen molar-refractivity contribution < 1.29 is 49.3 Å². The number of unbranched alkanes of at least 4 members (excludes halogenated alkanes) is 57. The Morgan fingerprint density at radius 3 is 1.04 bits per heavy atom. The Morgan fingerprint density at radius 2 is 0.708 bits per heavy atom. The van der Waals surface area contributed by atoms with Crippen molar-refractivity contribution in [2.24, 2.45) is 0 Å². The van der Waals surface area contributed by atoms with Crippen LogP contribution in [0.5, 0.6) is 0 Å². The van der Waals surface area contributed by atoms with E-state index in [2.05, 4.69) is 19.2 Å². The third-order valence-corrected chi connectivity index (χ3v) is 19.2. The molecule has 0 saturated carbocycles. The molecule has 0 aromatic rings. The normalized spacial score (nSPS) is 17.7. The number of rotatable bonds is 71. The topological polar surface area (TPSA) is 175 Å². The minimum absolute atomic E-state index is 0.0205. The summed E-state index contributed by atoms with van der Waals surface area (Å²) in [6.45, 7) is 4.39. The van der Waals surface area contributed by atoms with Gasteiger partial charge in [0.25, 0.3) is 0 Å². The molecule has 11 nitrogen and oxygen atoms in total. The first kappa shape index (κ1) is 85.4. The second-order valence-electron chi connectivity index (χ2n) is 27.8. The average Bonchev–Trinajstić information content (AvgIpc) is 3.11. The van der Waals surface area contributed by atoms with Crippen LogP contribution in [0.25, 0.3) is 0 Å². The summed E-state index contributed by atoms with van der Waals surface area (Å²) in [4.78, 5) is 25.1. The minimum Gasteiger partial charge on any atom is -0.466 e. The van der Waals surface area contributed by atoms with Crippen LogP contribution >= 0.6 is 0 Å². The van der Waals surface area contributed by atoms with Crippen LogP contribution in [-0.4, -0.2) is 100 Å². The fourth-order valence-corrected chi connectivity index (χ4v) is 13.0. The summed E-state index contributed by atoms with van der Waals surface area (Å²) in [6, 6.07) is -0.804. The van der Waals surface area contributed by atoms with Crippen LogP contribution in [0.1, 0.15) is 412 Å². The summed E-state index contributed by atoms with van der Waals surface area (Å²) < 4.78 is 16.8. The average molecular weight is 1260 g/mol. The fourth-order valence-electron chi connectivity index (χ4n) is 13.0. The summed E-state index contributed by atoms with van der Waals surface area (Å²) in [5.41, 5.74) is 0. The molecular formula is C78H151NO10. The Morgan fingerprint density at radius 1 is 0.404 bits per heavy atom. The van der Waals surface area contributed by atoms with E-state index in [-0.39, 0.29) is 18.5 Å². The zero-order valence-corrected chi connectivity index (χ0v) is 58.9. The van der Waals surface area contributed by atoms with Gasteiger partial charge in [0.1, 0.15) is 24.4 Å². The number of allylic oxidation sites excluding steroid dienone is 1.